The van der Waals surface area contributed by atoms with E-state index in [9.17, 15) is 0 Å². The third-order valence-corrected chi connectivity index (χ3v) is 2.95. The van der Waals surface area contributed by atoms with Crippen LogP contribution < -0.4 is 10.1 Å². The van der Waals surface area contributed by atoms with Crippen molar-refractivity contribution in [1.29, 1.82) is 0 Å². The van der Waals surface area contributed by atoms with Crippen molar-refractivity contribution in [3.8, 4) is 5.75 Å². The van der Waals surface area contributed by atoms with E-state index in [0.717, 1.165) is 23.8 Å². The molecule has 2 nitrogen and oxygen atoms in total. The third kappa shape index (κ3) is 4.03. The van der Waals surface area contributed by atoms with Gasteiger partial charge in [0.15, 0.2) is 0 Å². The fourth-order valence-corrected chi connectivity index (χ4v) is 2.01. The molecule has 0 aromatic heterocycles. The summed E-state index contributed by atoms with van der Waals surface area (Å²) in [7, 11) is 3.67. The molecule has 0 saturated heterocycles. The van der Waals surface area contributed by atoms with Crippen LogP contribution in [0.15, 0.2) is 24.3 Å². The molecule has 3 heteroatoms. The highest BCUT2D eigenvalue weighted by Crippen LogP contribution is 2.15. The van der Waals surface area contributed by atoms with Crippen molar-refractivity contribution >= 4 is 11.8 Å². The van der Waals surface area contributed by atoms with Crippen molar-refractivity contribution in [3.05, 3.63) is 29.8 Å². The normalized spacial score (nSPS) is 10.1. The van der Waals surface area contributed by atoms with E-state index in [1.165, 1.54) is 5.56 Å². The van der Waals surface area contributed by atoms with Crippen LogP contribution in [0.4, 0.5) is 0 Å². The molecule has 14 heavy (non-hydrogen) atoms. The van der Waals surface area contributed by atoms with E-state index in [4.69, 9.17) is 4.74 Å². The molecule has 1 rings (SSSR count). The van der Waals surface area contributed by atoms with Gasteiger partial charge in [-0.05, 0) is 24.7 Å². The van der Waals surface area contributed by atoms with Crippen molar-refractivity contribution in [2.24, 2.45) is 0 Å². The highest BCUT2D eigenvalue weighted by molar-refractivity contribution is 7.98. The van der Waals surface area contributed by atoms with Gasteiger partial charge in [-0.1, -0.05) is 12.1 Å². The molecule has 0 aliphatic heterocycles. The van der Waals surface area contributed by atoms with Gasteiger partial charge >= 0.3 is 0 Å². The highest BCUT2D eigenvalue weighted by atomic mass is 32.2. The zero-order valence-corrected chi connectivity index (χ0v) is 9.56. The minimum Gasteiger partial charge on any atom is -0.497 e. The van der Waals surface area contributed by atoms with Gasteiger partial charge in [0.2, 0.25) is 0 Å². The first kappa shape index (κ1) is 11.4. The Balaban J connectivity index is 2.29. The lowest BCUT2D eigenvalue weighted by molar-refractivity contribution is 0.414. The molecule has 0 unspecified atom stereocenters. The summed E-state index contributed by atoms with van der Waals surface area (Å²) >= 11 is 1.94. The van der Waals surface area contributed by atoms with Gasteiger partial charge in [0.1, 0.15) is 5.75 Å². The Hall–Kier alpha value is -0.670. The summed E-state index contributed by atoms with van der Waals surface area (Å²) in [5, 5.41) is 3.13. The number of rotatable bonds is 6. The van der Waals surface area contributed by atoms with Crippen LogP contribution in [-0.2, 0) is 5.75 Å². The maximum atomic E-state index is 5.10. The van der Waals surface area contributed by atoms with E-state index in [1.54, 1.807) is 7.11 Å². The average molecular weight is 211 g/mol. The molecule has 0 radical (unpaired) electrons. The van der Waals surface area contributed by atoms with Crippen LogP contribution in [0, 0.1) is 0 Å². The number of nitrogens with one attached hydrogen (secondary N) is 1. The fraction of sp³-hybridized carbons (Fsp3) is 0.455. The second-order valence-electron chi connectivity index (χ2n) is 3.00. The number of hydrogen-bond donors (Lipinski definition) is 1. The van der Waals surface area contributed by atoms with Gasteiger partial charge in [0.25, 0.3) is 0 Å². The van der Waals surface area contributed by atoms with Crippen molar-refractivity contribution in [2.45, 2.75) is 5.75 Å². The molecule has 0 amide bonds. The molecule has 1 aromatic rings. The lowest BCUT2D eigenvalue weighted by atomic mass is 10.2. The number of benzene rings is 1. The molecule has 0 spiro atoms. The van der Waals surface area contributed by atoms with Crippen LogP contribution in [0.5, 0.6) is 5.75 Å². The Morgan fingerprint density at radius 2 is 2.00 bits per heavy atom. The first-order valence-electron chi connectivity index (χ1n) is 4.72. The molecule has 0 bridgehead atoms. The van der Waals surface area contributed by atoms with Crippen LogP contribution in [-0.4, -0.2) is 26.5 Å². The minimum absolute atomic E-state index is 0.925. The van der Waals surface area contributed by atoms with Gasteiger partial charge in [-0.3, -0.25) is 0 Å². The Labute approximate surface area is 90.0 Å². The van der Waals surface area contributed by atoms with E-state index in [0.29, 0.717) is 0 Å². The zero-order valence-electron chi connectivity index (χ0n) is 8.75. The van der Waals surface area contributed by atoms with E-state index in [-0.39, 0.29) is 0 Å². The van der Waals surface area contributed by atoms with Gasteiger partial charge in [0, 0.05) is 18.1 Å². The lowest BCUT2D eigenvalue weighted by Gasteiger charge is -2.03. The van der Waals surface area contributed by atoms with Gasteiger partial charge in [0.05, 0.1) is 7.11 Å². The van der Waals surface area contributed by atoms with Crippen molar-refractivity contribution in [1.82, 2.24) is 5.32 Å². The Bertz CT molecular complexity index is 248. The van der Waals surface area contributed by atoms with Crippen LogP contribution in [0.2, 0.25) is 0 Å². The largest absolute Gasteiger partial charge is 0.497 e. The maximum Gasteiger partial charge on any atom is 0.118 e. The van der Waals surface area contributed by atoms with Gasteiger partial charge in [-0.25, -0.2) is 0 Å². The summed E-state index contributed by atoms with van der Waals surface area (Å²) in [6.07, 6.45) is 0. The van der Waals surface area contributed by atoms with Gasteiger partial charge in [-0.15, -0.1) is 0 Å². The molecule has 0 heterocycles. The van der Waals surface area contributed by atoms with Crippen LogP contribution in [0.3, 0.4) is 0 Å². The molecule has 0 saturated carbocycles. The van der Waals surface area contributed by atoms with E-state index in [2.05, 4.69) is 17.4 Å². The summed E-state index contributed by atoms with van der Waals surface area (Å²) in [6.45, 7) is 1.07. The molecule has 1 N–H and O–H groups in total. The second kappa shape index (κ2) is 6.74. The minimum atomic E-state index is 0.925. The van der Waals surface area contributed by atoms with Crippen molar-refractivity contribution in [2.75, 3.05) is 26.5 Å². The van der Waals surface area contributed by atoms with Crippen LogP contribution in [0.1, 0.15) is 5.56 Å². The first-order chi connectivity index (χ1) is 6.86. The van der Waals surface area contributed by atoms with Crippen molar-refractivity contribution < 1.29 is 4.74 Å². The molecular formula is C11H17NOS. The maximum absolute atomic E-state index is 5.10. The zero-order chi connectivity index (χ0) is 10.2. The number of thioether (sulfide) groups is 1. The Kier molecular flexibility index (Phi) is 5.49. The molecular weight excluding hydrogens is 194 g/mol. The smallest absolute Gasteiger partial charge is 0.118 e. The van der Waals surface area contributed by atoms with Crippen molar-refractivity contribution in [3.63, 3.8) is 0 Å². The second-order valence-corrected chi connectivity index (χ2v) is 4.11. The van der Waals surface area contributed by atoms with Crippen LogP contribution >= 0.6 is 11.8 Å². The molecule has 1 aromatic carbocycles. The SMILES string of the molecule is CNCCSCc1ccc(OC)cc1. The number of hydrogen-bond acceptors (Lipinski definition) is 3. The summed E-state index contributed by atoms with van der Waals surface area (Å²) in [5.74, 6) is 3.16. The predicted molar refractivity (Wildman–Crippen MR) is 63.1 cm³/mol. The van der Waals surface area contributed by atoms with Crippen LogP contribution in [0.25, 0.3) is 0 Å². The molecule has 0 aliphatic rings. The standard InChI is InChI=1S/C11H17NOS/c1-12-7-8-14-9-10-3-5-11(13-2)6-4-10/h3-6,12H,7-9H2,1-2H3. The number of methoxy groups -OCH3 is 1. The average Bonchev–Trinajstić information content (AvgIpc) is 2.25. The fourth-order valence-electron chi connectivity index (χ4n) is 1.09. The van der Waals surface area contributed by atoms with Gasteiger partial charge < -0.3 is 10.1 Å². The Morgan fingerprint density at radius 3 is 2.57 bits per heavy atom. The lowest BCUT2D eigenvalue weighted by Crippen LogP contribution is -2.09. The third-order valence-electron chi connectivity index (χ3n) is 1.92. The highest BCUT2D eigenvalue weighted by Gasteiger charge is 1.94. The molecule has 78 valence electrons. The monoisotopic (exact) mass is 211 g/mol. The first-order valence-corrected chi connectivity index (χ1v) is 5.87. The quantitative estimate of drug-likeness (QED) is 0.729. The summed E-state index contributed by atoms with van der Waals surface area (Å²) < 4.78 is 5.10. The summed E-state index contributed by atoms with van der Waals surface area (Å²) in [6, 6.07) is 8.25. The topological polar surface area (TPSA) is 21.3 Å². The Morgan fingerprint density at radius 1 is 1.29 bits per heavy atom. The molecule has 0 fully saturated rings. The number of ether oxygens (including phenoxy) is 1. The van der Waals surface area contributed by atoms with E-state index < -0.39 is 0 Å². The predicted octanol–water partition coefficient (Wildman–Crippen LogP) is 2.15. The van der Waals surface area contributed by atoms with Gasteiger partial charge in [-0.2, -0.15) is 11.8 Å². The van der Waals surface area contributed by atoms with E-state index >= 15 is 0 Å². The summed E-state index contributed by atoms with van der Waals surface area (Å²) in [5.41, 5.74) is 1.35. The van der Waals surface area contributed by atoms with E-state index in [1.807, 2.05) is 30.9 Å². The molecule has 0 atom stereocenters. The summed E-state index contributed by atoms with van der Waals surface area (Å²) in [4.78, 5) is 0. The molecule has 0 aliphatic carbocycles.